The number of aliphatic imine (C=N–C) groups is 1. The van der Waals surface area contributed by atoms with E-state index >= 15 is 0 Å². The van der Waals surface area contributed by atoms with Crippen molar-refractivity contribution in [2.24, 2.45) is 10.7 Å². The molecule has 0 aromatic heterocycles. The lowest BCUT2D eigenvalue weighted by Crippen LogP contribution is -1.92. The molecule has 0 spiro atoms. The first kappa shape index (κ1) is 13.9. The zero-order valence-corrected chi connectivity index (χ0v) is 9.36. The van der Waals surface area contributed by atoms with E-state index in [2.05, 4.69) is 11.6 Å². The molecule has 15 heavy (non-hydrogen) atoms. The minimum atomic E-state index is 0.309. The quantitative estimate of drug-likeness (QED) is 0.347. The summed E-state index contributed by atoms with van der Waals surface area (Å²) in [6.45, 7) is 4.70. The van der Waals surface area contributed by atoms with Crippen LogP contribution in [0.1, 0.15) is 32.1 Å². The summed E-state index contributed by atoms with van der Waals surface area (Å²) in [7, 11) is 0. The zero-order chi connectivity index (χ0) is 11.4. The molecule has 0 aromatic carbocycles. The van der Waals surface area contributed by atoms with E-state index in [0.29, 0.717) is 12.3 Å². The third-order valence-electron chi connectivity index (χ3n) is 2.05. The number of unbranched alkanes of at least 4 members (excludes halogenated alkanes) is 4. The van der Waals surface area contributed by atoms with Gasteiger partial charge in [-0.3, -0.25) is 4.99 Å². The lowest BCUT2D eigenvalue weighted by molar-refractivity contribution is 0.282. The van der Waals surface area contributed by atoms with Gasteiger partial charge in [0.15, 0.2) is 0 Å². The molecule has 0 unspecified atom stereocenters. The number of rotatable bonds is 9. The minimum absolute atomic E-state index is 0.309. The molecule has 3 nitrogen and oxygen atoms in total. The molecule has 0 aromatic rings. The summed E-state index contributed by atoms with van der Waals surface area (Å²) >= 11 is 0. The highest BCUT2D eigenvalue weighted by Crippen LogP contribution is 2.02. The topological polar surface area (TPSA) is 58.6 Å². The third-order valence-corrected chi connectivity index (χ3v) is 2.05. The Morgan fingerprint density at radius 3 is 2.53 bits per heavy atom. The first-order valence-corrected chi connectivity index (χ1v) is 5.50. The Labute approximate surface area is 92.4 Å². The highest BCUT2D eigenvalue weighted by molar-refractivity contribution is 5.72. The summed E-state index contributed by atoms with van der Waals surface area (Å²) < 4.78 is 0. The van der Waals surface area contributed by atoms with Crippen molar-refractivity contribution in [2.45, 2.75) is 32.1 Å². The van der Waals surface area contributed by atoms with E-state index in [4.69, 9.17) is 10.8 Å². The highest BCUT2D eigenvalue weighted by Gasteiger charge is 1.88. The molecule has 0 radical (unpaired) electrons. The SMILES string of the molecule is C=C/C(N)=C\C=NCCCCCCCO. The van der Waals surface area contributed by atoms with E-state index in [0.717, 1.165) is 25.8 Å². The van der Waals surface area contributed by atoms with Crippen molar-refractivity contribution in [1.82, 2.24) is 0 Å². The smallest absolute Gasteiger partial charge is 0.0431 e. The molecule has 86 valence electrons. The van der Waals surface area contributed by atoms with E-state index in [1.54, 1.807) is 18.4 Å². The van der Waals surface area contributed by atoms with Crippen LogP contribution in [0.2, 0.25) is 0 Å². The van der Waals surface area contributed by atoms with Crippen molar-refractivity contribution < 1.29 is 5.11 Å². The molecule has 0 atom stereocenters. The van der Waals surface area contributed by atoms with Crippen LogP contribution in [0.3, 0.4) is 0 Å². The van der Waals surface area contributed by atoms with Crippen LogP contribution in [0.4, 0.5) is 0 Å². The van der Waals surface area contributed by atoms with Gasteiger partial charge < -0.3 is 10.8 Å². The Hall–Kier alpha value is -1.09. The molecule has 0 rings (SSSR count). The van der Waals surface area contributed by atoms with Gasteiger partial charge in [0, 0.05) is 25.1 Å². The maximum atomic E-state index is 8.56. The Bertz CT molecular complexity index is 210. The molecule has 0 saturated carbocycles. The summed E-state index contributed by atoms with van der Waals surface area (Å²) in [4.78, 5) is 4.20. The van der Waals surface area contributed by atoms with E-state index in [1.165, 1.54) is 12.8 Å². The van der Waals surface area contributed by atoms with Gasteiger partial charge in [-0.25, -0.2) is 0 Å². The second-order valence-corrected chi connectivity index (χ2v) is 3.42. The summed E-state index contributed by atoms with van der Waals surface area (Å²) in [6, 6.07) is 0. The molecule has 0 aliphatic carbocycles. The van der Waals surface area contributed by atoms with E-state index in [-0.39, 0.29) is 0 Å². The first-order chi connectivity index (χ1) is 7.31. The monoisotopic (exact) mass is 210 g/mol. The Balaban J connectivity index is 3.27. The summed E-state index contributed by atoms with van der Waals surface area (Å²) in [5.74, 6) is 0. The third kappa shape index (κ3) is 10.8. The number of aliphatic hydroxyl groups is 1. The van der Waals surface area contributed by atoms with Crippen molar-refractivity contribution in [1.29, 1.82) is 0 Å². The summed E-state index contributed by atoms with van der Waals surface area (Å²) in [6.07, 6.45) is 10.6. The van der Waals surface area contributed by atoms with Gasteiger partial charge in [0.25, 0.3) is 0 Å². The normalized spacial score (nSPS) is 12.2. The van der Waals surface area contributed by atoms with Crippen molar-refractivity contribution in [3.05, 3.63) is 24.4 Å². The van der Waals surface area contributed by atoms with E-state index < -0.39 is 0 Å². The van der Waals surface area contributed by atoms with E-state index in [1.807, 2.05) is 0 Å². The number of allylic oxidation sites excluding steroid dienone is 2. The van der Waals surface area contributed by atoms with Crippen molar-refractivity contribution in [3.63, 3.8) is 0 Å². The van der Waals surface area contributed by atoms with Gasteiger partial charge in [-0.1, -0.05) is 25.8 Å². The Kier molecular flexibility index (Phi) is 10.2. The highest BCUT2D eigenvalue weighted by atomic mass is 16.2. The number of hydrogen-bond donors (Lipinski definition) is 2. The largest absolute Gasteiger partial charge is 0.399 e. The first-order valence-electron chi connectivity index (χ1n) is 5.50. The fourth-order valence-electron chi connectivity index (χ4n) is 1.13. The fraction of sp³-hybridized carbons (Fsp3) is 0.583. The van der Waals surface area contributed by atoms with Crippen molar-refractivity contribution in [3.8, 4) is 0 Å². The molecule has 0 aliphatic rings. The van der Waals surface area contributed by atoms with Gasteiger partial charge in [0.1, 0.15) is 0 Å². The summed E-state index contributed by atoms with van der Waals surface area (Å²) in [5.41, 5.74) is 6.14. The zero-order valence-electron chi connectivity index (χ0n) is 9.36. The predicted octanol–water partition coefficient (Wildman–Crippen LogP) is 2.03. The van der Waals surface area contributed by atoms with Crippen molar-refractivity contribution >= 4 is 6.21 Å². The van der Waals surface area contributed by atoms with Gasteiger partial charge in [-0.15, -0.1) is 0 Å². The molecular weight excluding hydrogens is 188 g/mol. The van der Waals surface area contributed by atoms with Crippen LogP contribution in [-0.2, 0) is 0 Å². The maximum Gasteiger partial charge on any atom is 0.0431 e. The van der Waals surface area contributed by atoms with Crippen LogP contribution in [-0.4, -0.2) is 24.5 Å². The van der Waals surface area contributed by atoms with Crippen LogP contribution in [0, 0.1) is 0 Å². The average Bonchev–Trinajstić information content (AvgIpc) is 2.26. The second-order valence-electron chi connectivity index (χ2n) is 3.42. The van der Waals surface area contributed by atoms with Gasteiger partial charge in [0.05, 0.1) is 0 Å². The van der Waals surface area contributed by atoms with Gasteiger partial charge in [-0.2, -0.15) is 0 Å². The Morgan fingerprint density at radius 2 is 1.87 bits per heavy atom. The lowest BCUT2D eigenvalue weighted by Gasteiger charge is -1.96. The maximum absolute atomic E-state index is 8.56. The van der Waals surface area contributed by atoms with Gasteiger partial charge >= 0.3 is 0 Å². The molecule has 0 saturated heterocycles. The predicted molar refractivity (Wildman–Crippen MR) is 66.0 cm³/mol. The summed E-state index contributed by atoms with van der Waals surface area (Å²) in [5, 5.41) is 8.56. The number of aliphatic hydroxyl groups excluding tert-OH is 1. The number of nitrogens with two attached hydrogens (primary N) is 1. The molecular formula is C12H22N2O. The molecule has 0 bridgehead atoms. The molecule has 0 heterocycles. The molecule has 0 aliphatic heterocycles. The van der Waals surface area contributed by atoms with Gasteiger partial charge in [-0.05, 0) is 25.0 Å². The van der Waals surface area contributed by atoms with Gasteiger partial charge in [0.2, 0.25) is 0 Å². The number of nitrogens with zero attached hydrogens (tertiary/aromatic N) is 1. The van der Waals surface area contributed by atoms with Crippen LogP contribution < -0.4 is 5.73 Å². The second kappa shape index (κ2) is 11.0. The van der Waals surface area contributed by atoms with Crippen LogP contribution in [0.5, 0.6) is 0 Å². The van der Waals surface area contributed by atoms with Crippen LogP contribution in [0.25, 0.3) is 0 Å². The van der Waals surface area contributed by atoms with E-state index in [9.17, 15) is 0 Å². The standard InChI is InChI=1S/C12H22N2O/c1-2-12(13)8-10-14-9-6-4-3-5-7-11-15/h2,8,10,15H,1,3-7,9,11,13H2/b12-8+,14-10?. The molecule has 3 N–H and O–H groups in total. The molecule has 3 heteroatoms. The molecule has 0 fully saturated rings. The van der Waals surface area contributed by atoms with Crippen LogP contribution in [0.15, 0.2) is 29.4 Å². The van der Waals surface area contributed by atoms with Crippen LogP contribution >= 0.6 is 0 Å². The fourth-order valence-corrected chi connectivity index (χ4v) is 1.13. The molecule has 0 amide bonds. The Morgan fingerprint density at radius 1 is 1.20 bits per heavy atom. The minimum Gasteiger partial charge on any atom is -0.399 e. The lowest BCUT2D eigenvalue weighted by atomic mass is 10.1. The average molecular weight is 210 g/mol. The number of hydrogen-bond acceptors (Lipinski definition) is 3. The van der Waals surface area contributed by atoms with Crippen molar-refractivity contribution in [2.75, 3.05) is 13.2 Å².